The molecule has 0 spiro atoms. The van der Waals surface area contributed by atoms with E-state index in [-0.39, 0.29) is 17.5 Å². The number of carbonyl (C=O) groups is 2. The Hall–Kier alpha value is -1.92. The third kappa shape index (κ3) is 3.21. The molecule has 1 rings (SSSR count). The second-order valence-corrected chi connectivity index (χ2v) is 2.59. The molecule has 2 amide bonds. The molecule has 1 aromatic rings. The minimum atomic E-state index is -0.316. The highest BCUT2D eigenvalue weighted by molar-refractivity contribution is 5.91. The SMILES string of the molecule is CC(=O)NCCNC(=O)c1cn[nH]n1. The van der Waals surface area contributed by atoms with Gasteiger partial charge in [0.2, 0.25) is 5.91 Å². The number of carbonyl (C=O) groups excluding carboxylic acids is 2. The molecule has 0 bridgehead atoms. The van der Waals surface area contributed by atoms with E-state index < -0.39 is 0 Å². The van der Waals surface area contributed by atoms with Crippen molar-refractivity contribution >= 4 is 11.8 Å². The van der Waals surface area contributed by atoms with Crippen molar-refractivity contribution in [2.24, 2.45) is 0 Å². The summed E-state index contributed by atoms with van der Waals surface area (Å²) in [7, 11) is 0. The molecule has 0 radical (unpaired) electrons. The van der Waals surface area contributed by atoms with E-state index >= 15 is 0 Å². The number of rotatable bonds is 4. The van der Waals surface area contributed by atoms with Crippen LogP contribution in [-0.2, 0) is 4.79 Å². The summed E-state index contributed by atoms with van der Waals surface area (Å²) in [6.45, 7) is 2.18. The van der Waals surface area contributed by atoms with Crippen molar-refractivity contribution in [3.8, 4) is 0 Å². The summed E-state index contributed by atoms with van der Waals surface area (Å²) in [5.74, 6) is -0.440. The monoisotopic (exact) mass is 197 g/mol. The normalized spacial score (nSPS) is 9.50. The molecule has 0 aliphatic heterocycles. The summed E-state index contributed by atoms with van der Waals surface area (Å²) in [6.07, 6.45) is 1.33. The van der Waals surface area contributed by atoms with Gasteiger partial charge in [-0.1, -0.05) is 0 Å². The molecule has 7 nitrogen and oxygen atoms in total. The largest absolute Gasteiger partial charge is 0.355 e. The lowest BCUT2D eigenvalue weighted by molar-refractivity contribution is -0.118. The first kappa shape index (κ1) is 10.2. The van der Waals surface area contributed by atoms with Gasteiger partial charge >= 0.3 is 0 Å². The Balaban J connectivity index is 2.19. The van der Waals surface area contributed by atoms with Gasteiger partial charge in [0.15, 0.2) is 5.69 Å². The highest BCUT2D eigenvalue weighted by atomic mass is 16.2. The van der Waals surface area contributed by atoms with Crippen molar-refractivity contribution in [2.45, 2.75) is 6.92 Å². The van der Waals surface area contributed by atoms with Gasteiger partial charge in [-0.3, -0.25) is 9.59 Å². The first-order valence-electron chi connectivity index (χ1n) is 4.08. The first-order chi connectivity index (χ1) is 6.70. The minimum Gasteiger partial charge on any atom is -0.355 e. The second-order valence-electron chi connectivity index (χ2n) is 2.59. The highest BCUT2D eigenvalue weighted by Crippen LogP contribution is 1.86. The maximum Gasteiger partial charge on any atom is 0.273 e. The molecule has 1 heterocycles. The highest BCUT2D eigenvalue weighted by Gasteiger charge is 2.06. The van der Waals surface area contributed by atoms with E-state index in [0.717, 1.165) is 0 Å². The quantitative estimate of drug-likeness (QED) is 0.521. The Bertz CT molecular complexity index is 308. The molecule has 3 N–H and O–H groups in total. The van der Waals surface area contributed by atoms with Crippen LogP contribution in [0.5, 0.6) is 0 Å². The fourth-order valence-electron chi connectivity index (χ4n) is 0.816. The third-order valence-corrected chi connectivity index (χ3v) is 1.43. The lowest BCUT2D eigenvalue weighted by Gasteiger charge is -2.02. The minimum absolute atomic E-state index is 0.124. The van der Waals surface area contributed by atoms with Crippen LogP contribution in [0.25, 0.3) is 0 Å². The number of hydrogen-bond donors (Lipinski definition) is 3. The molecule has 0 saturated heterocycles. The van der Waals surface area contributed by atoms with Crippen molar-refractivity contribution < 1.29 is 9.59 Å². The molecular formula is C7H11N5O2. The number of nitrogens with one attached hydrogen (secondary N) is 3. The summed E-state index contributed by atoms with van der Waals surface area (Å²) < 4.78 is 0. The van der Waals surface area contributed by atoms with Crippen LogP contribution in [0.3, 0.4) is 0 Å². The summed E-state index contributed by atoms with van der Waals surface area (Å²) in [6, 6.07) is 0. The Kier molecular flexibility index (Phi) is 3.59. The van der Waals surface area contributed by atoms with Gasteiger partial charge < -0.3 is 10.6 Å². The maximum atomic E-state index is 11.2. The molecule has 0 saturated carbocycles. The summed E-state index contributed by atoms with van der Waals surface area (Å²) in [5.41, 5.74) is 0.229. The van der Waals surface area contributed by atoms with Crippen molar-refractivity contribution in [3.05, 3.63) is 11.9 Å². The van der Waals surface area contributed by atoms with Gasteiger partial charge in [-0.15, -0.1) is 0 Å². The van der Waals surface area contributed by atoms with Gasteiger partial charge in [0, 0.05) is 20.0 Å². The lowest BCUT2D eigenvalue weighted by atomic mass is 10.4. The van der Waals surface area contributed by atoms with E-state index in [1.807, 2.05) is 0 Å². The Morgan fingerprint density at radius 3 is 2.71 bits per heavy atom. The molecule has 7 heteroatoms. The van der Waals surface area contributed by atoms with Crippen LogP contribution >= 0.6 is 0 Å². The topological polar surface area (TPSA) is 99.8 Å². The maximum absolute atomic E-state index is 11.2. The van der Waals surface area contributed by atoms with Gasteiger partial charge in [-0.2, -0.15) is 15.4 Å². The van der Waals surface area contributed by atoms with E-state index in [1.54, 1.807) is 0 Å². The summed E-state index contributed by atoms with van der Waals surface area (Å²) >= 11 is 0. The smallest absolute Gasteiger partial charge is 0.273 e. The summed E-state index contributed by atoms with van der Waals surface area (Å²) in [4.78, 5) is 21.7. The average Bonchev–Trinajstić information content (AvgIpc) is 2.64. The van der Waals surface area contributed by atoms with Gasteiger partial charge in [0.05, 0.1) is 6.20 Å². The molecule has 0 aliphatic rings. The van der Waals surface area contributed by atoms with Gasteiger partial charge in [0.1, 0.15) is 0 Å². The zero-order valence-electron chi connectivity index (χ0n) is 7.70. The molecule has 0 aliphatic carbocycles. The van der Waals surface area contributed by atoms with E-state index in [1.165, 1.54) is 13.1 Å². The van der Waals surface area contributed by atoms with Crippen LogP contribution in [0.1, 0.15) is 17.4 Å². The fraction of sp³-hybridized carbons (Fsp3) is 0.429. The van der Waals surface area contributed by atoms with Crippen molar-refractivity contribution in [3.63, 3.8) is 0 Å². The van der Waals surface area contributed by atoms with Crippen LogP contribution in [0.4, 0.5) is 0 Å². The van der Waals surface area contributed by atoms with Crippen LogP contribution in [-0.4, -0.2) is 40.3 Å². The van der Waals surface area contributed by atoms with Crippen LogP contribution in [0.2, 0.25) is 0 Å². The van der Waals surface area contributed by atoms with E-state index in [9.17, 15) is 9.59 Å². The average molecular weight is 197 g/mol. The molecule has 0 unspecified atom stereocenters. The molecule has 0 fully saturated rings. The van der Waals surface area contributed by atoms with Gasteiger partial charge in [-0.25, -0.2) is 0 Å². The summed E-state index contributed by atoms with van der Waals surface area (Å²) in [5, 5.41) is 14.5. The zero-order chi connectivity index (χ0) is 10.4. The predicted octanol–water partition coefficient (Wildman–Crippen LogP) is -1.33. The fourth-order valence-corrected chi connectivity index (χ4v) is 0.816. The van der Waals surface area contributed by atoms with Crippen LogP contribution in [0, 0.1) is 0 Å². The number of nitrogens with zero attached hydrogens (tertiary/aromatic N) is 2. The number of aromatic nitrogens is 3. The van der Waals surface area contributed by atoms with Crippen LogP contribution < -0.4 is 10.6 Å². The molecule has 76 valence electrons. The number of H-pyrrole nitrogens is 1. The molecule has 0 aromatic carbocycles. The zero-order valence-corrected chi connectivity index (χ0v) is 7.70. The Morgan fingerprint density at radius 2 is 2.14 bits per heavy atom. The van der Waals surface area contributed by atoms with E-state index in [0.29, 0.717) is 13.1 Å². The van der Waals surface area contributed by atoms with Crippen molar-refractivity contribution in [1.29, 1.82) is 0 Å². The standard InChI is InChI=1S/C7H11N5O2/c1-5(13)8-2-3-9-7(14)6-4-10-12-11-6/h4H,2-3H2,1H3,(H,8,13)(H,9,14)(H,10,11,12). The number of amides is 2. The molecular weight excluding hydrogens is 186 g/mol. The van der Waals surface area contributed by atoms with Crippen molar-refractivity contribution in [2.75, 3.05) is 13.1 Å². The number of aromatic amines is 1. The van der Waals surface area contributed by atoms with E-state index in [2.05, 4.69) is 26.0 Å². The lowest BCUT2D eigenvalue weighted by Crippen LogP contribution is -2.33. The van der Waals surface area contributed by atoms with E-state index in [4.69, 9.17) is 0 Å². The molecule has 1 aromatic heterocycles. The third-order valence-electron chi connectivity index (χ3n) is 1.43. The second kappa shape index (κ2) is 4.95. The first-order valence-corrected chi connectivity index (χ1v) is 4.08. The van der Waals surface area contributed by atoms with Crippen molar-refractivity contribution in [1.82, 2.24) is 26.0 Å². The number of hydrogen-bond acceptors (Lipinski definition) is 4. The molecule has 0 atom stereocenters. The molecule has 14 heavy (non-hydrogen) atoms. The van der Waals surface area contributed by atoms with Gasteiger partial charge in [0.25, 0.3) is 5.91 Å². The van der Waals surface area contributed by atoms with Gasteiger partial charge in [-0.05, 0) is 0 Å². The van der Waals surface area contributed by atoms with Crippen LogP contribution in [0.15, 0.2) is 6.20 Å². The Labute approximate surface area is 80.3 Å². The Morgan fingerprint density at radius 1 is 1.43 bits per heavy atom. The predicted molar refractivity (Wildman–Crippen MR) is 47.4 cm³/mol.